The molecule has 1 rings (SSSR count). The zero-order valence-corrected chi connectivity index (χ0v) is 10.4. The summed E-state index contributed by atoms with van der Waals surface area (Å²) in [6.45, 7) is 0.815. The van der Waals surface area contributed by atoms with Gasteiger partial charge in [0, 0.05) is 6.08 Å². The van der Waals surface area contributed by atoms with E-state index in [2.05, 4.69) is 0 Å². The highest BCUT2D eigenvalue weighted by Gasteiger charge is 2.36. The summed E-state index contributed by atoms with van der Waals surface area (Å²) in [5.41, 5.74) is 0. The number of hydrogen-bond donors (Lipinski definition) is 1. The molecule has 0 radical (unpaired) electrons. The molecule has 0 aliphatic carbocycles. The van der Waals surface area contributed by atoms with E-state index in [1.54, 1.807) is 0 Å². The lowest BCUT2D eigenvalue weighted by Crippen LogP contribution is -2.35. The Kier molecular flexibility index (Phi) is 4.12. The van der Waals surface area contributed by atoms with Gasteiger partial charge in [0.25, 0.3) is 15.9 Å². The molecular weight excluding hydrogens is 274 g/mol. The van der Waals surface area contributed by atoms with Gasteiger partial charge in [-0.3, -0.25) is 4.79 Å². The van der Waals surface area contributed by atoms with Crippen molar-refractivity contribution in [2.24, 2.45) is 0 Å². The van der Waals surface area contributed by atoms with Crippen LogP contribution < -0.4 is 0 Å². The van der Waals surface area contributed by atoms with Crippen LogP contribution in [0.4, 0.5) is 0 Å². The third-order valence-electron chi connectivity index (χ3n) is 2.03. The van der Waals surface area contributed by atoms with Gasteiger partial charge in [0.1, 0.15) is 0 Å². The maximum atomic E-state index is 11.4. The molecule has 0 saturated carbocycles. The van der Waals surface area contributed by atoms with E-state index in [0.29, 0.717) is 4.31 Å². The van der Waals surface area contributed by atoms with E-state index in [4.69, 9.17) is 21.4 Å². The van der Waals surface area contributed by atoms with Crippen LogP contribution in [-0.2, 0) is 24.3 Å². The van der Waals surface area contributed by atoms with Crippen LogP contribution in [-0.4, -0.2) is 49.0 Å². The second-order valence-corrected chi connectivity index (χ2v) is 5.68. The Bertz CT molecular complexity index is 470. The van der Waals surface area contributed by atoms with Crippen molar-refractivity contribution in [3.8, 4) is 0 Å². The Morgan fingerprint density at radius 3 is 2.65 bits per heavy atom. The third-order valence-corrected chi connectivity index (χ3v) is 4.28. The molecule has 96 valence electrons. The van der Waals surface area contributed by atoms with Crippen molar-refractivity contribution in [3.63, 3.8) is 0 Å². The Hall–Kier alpha value is -1.12. The number of carboxylic acid groups (broad SMARTS) is 1. The highest BCUT2D eigenvalue weighted by molar-refractivity contribution is 7.95. The van der Waals surface area contributed by atoms with Gasteiger partial charge in [0.05, 0.1) is 13.2 Å². The molecule has 0 aromatic heterocycles. The van der Waals surface area contributed by atoms with E-state index >= 15 is 0 Å². The topological polar surface area (TPSA) is 101 Å². The molecule has 0 aromatic carbocycles. The van der Waals surface area contributed by atoms with Crippen LogP contribution in [0.3, 0.4) is 0 Å². The van der Waals surface area contributed by atoms with Gasteiger partial charge in [-0.1, -0.05) is 11.6 Å². The molecule has 1 amide bonds. The number of carbonyl (C=O) groups excluding carboxylic acids is 1. The SMILES string of the molecule is CC(OCCN1C(=O)C=C(Cl)S1(=O)=O)C(=O)O. The number of nitrogens with zero attached hydrogens (tertiary/aromatic N) is 1. The summed E-state index contributed by atoms with van der Waals surface area (Å²) in [5.74, 6) is -1.93. The van der Waals surface area contributed by atoms with Gasteiger partial charge in [-0.05, 0) is 6.92 Å². The average Bonchev–Trinajstić information content (AvgIpc) is 2.40. The lowest BCUT2D eigenvalue weighted by atomic mass is 10.4. The molecule has 1 unspecified atom stereocenters. The van der Waals surface area contributed by atoms with E-state index in [1.807, 2.05) is 0 Å². The fourth-order valence-corrected chi connectivity index (χ4v) is 2.49. The van der Waals surface area contributed by atoms with Gasteiger partial charge in [0.2, 0.25) is 0 Å². The molecule has 0 fully saturated rings. The lowest BCUT2D eigenvalue weighted by Gasteiger charge is -2.16. The minimum atomic E-state index is -3.95. The molecule has 9 heteroatoms. The largest absolute Gasteiger partial charge is 0.479 e. The highest BCUT2D eigenvalue weighted by atomic mass is 35.5. The normalized spacial score (nSPS) is 20.2. The molecule has 1 aliphatic heterocycles. The number of sulfonamides is 1. The Balaban J connectivity index is 2.55. The average molecular weight is 284 g/mol. The van der Waals surface area contributed by atoms with Gasteiger partial charge in [-0.15, -0.1) is 0 Å². The molecule has 17 heavy (non-hydrogen) atoms. The van der Waals surface area contributed by atoms with Gasteiger partial charge >= 0.3 is 5.97 Å². The Morgan fingerprint density at radius 1 is 1.65 bits per heavy atom. The maximum absolute atomic E-state index is 11.4. The summed E-state index contributed by atoms with van der Waals surface area (Å²) in [5, 5.41) is 8.52. The molecular formula is C8H10ClNO6S. The van der Waals surface area contributed by atoms with Gasteiger partial charge in [0.15, 0.2) is 10.5 Å². The molecule has 0 aromatic rings. The molecule has 0 spiro atoms. The van der Waals surface area contributed by atoms with Crippen molar-refractivity contribution in [2.45, 2.75) is 13.0 Å². The number of carbonyl (C=O) groups is 2. The van der Waals surface area contributed by atoms with Crippen LogP contribution >= 0.6 is 11.6 Å². The van der Waals surface area contributed by atoms with E-state index in [1.165, 1.54) is 6.92 Å². The minimum absolute atomic E-state index is 0.212. The van der Waals surface area contributed by atoms with Gasteiger partial charge in [-0.2, -0.15) is 8.42 Å². The smallest absolute Gasteiger partial charge is 0.332 e. The third kappa shape index (κ3) is 2.96. The summed E-state index contributed by atoms with van der Waals surface area (Å²) in [6.07, 6.45) is -0.281. The van der Waals surface area contributed by atoms with E-state index in [0.717, 1.165) is 6.08 Å². The number of rotatable bonds is 5. The van der Waals surface area contributed by atoms with Crippen molar-refractivity contribution in [1.29, 1.82) is 0 Å². The van der Waals surface area contributed by atoms with Crippen molar-refractivity contribution in [1.82, 2.24) is 4.31 Å². The summed E-state index contributed by atoms with van der Waals surface area (Å²) in [4.78, 5) is 21.6. The van der Waals surface area contributed by atoms with E-state index < -0.39 is 32.4 Å². The highest BCUT2D eigenvalue weighted by Crippen LogP contribution is 2.24. The van der Waals surface area contributed by atoms with Gasteiger partial charge in [-0.25, -0.2) is 9.10 Å². The molecule has 0 bridgehead atoms. The van der Waals surface area contributed by atoms with Crippen LogP contribution in [0.15, 0.2) is 10.4 Å². The molecule has 1 N–H and O–H groups in total. The first kappa shape index (κ1) is 13.9. The first-order chi connectivity index (χ1) is 7.76. The van der Waals surface area contributed by atoms with Crippen LogP contribution in [0.2, 0.25) is 0 Å². The molecule has 1 aliphatic rings. The van der Waals surface area contributed by atoms with E-state index in [9.17, 15) is 18.0 Å². The predicted molar refractivity (Wildman–Crippen MR) is 57.6 cm³/mol. The number of ether oxygens (including phenoxy) is 1. The van der Waals surface area contributed by atoms with E-state index in [-0.39, 0.29) is 13.2 Å². The number of carboxylic acids is 1. The first-order valence-corrected chi connectivity index (χ1v) is 6.37. The van der Waals surface area contributed by atoms with Crippen LogP contribution in [0.1, 0.15) is 6.92 Å². The van der Waals surface area contributed by atoms with Crippen molar-refractivity contribution in [3.05, 3.63) is 10.4 Å². The maximum Gasteiger partial charge on any atom is 0.332 e. The summed E-state index contributed by atoms with van der Waals surface area (Å²) in [7, 11) is -3.95. The Morgan fingerprint density at radius 2 is 2.24 bits per heavy atom. The van der Waals surface area contributed by atoms with Crippen LogP contribution in [0.5, 0.6) is 0 Å². The summed E-state index contributed by atoms with van der Waals surface area (Å²) < 4.78 is 27.7. The van der Waals surface area contributed by atoms with Crippen LogP contribution in [0.25, 0.3) is 0 Å². The minimum Gasteiger partial charge on any atom is -0.479 e. The van der Waals surface area contributed by atoms with Crippen molar-refractivity contribution in [2.75, 3.05) is 13.2 Å². The standard InChI is InChI=1S/C8H10ClNO6S/c1-5(8(12)13)16-3-2-10-7(11)4-6(9)17(10,14)15/h4-5H,2-3H2,1H3,(H,12,13). The quantitative estimate of drug-likeness (QED) is 0.745. The summed E-state index contributed by atoms with van der Waals surface area (Å²) >= 11 is 5.36. The molecule has 1 heterocycles. The lowest BCUT2D eigenvalue weighted by molar-refractivity contribution is -0.149. The number of hydrogen-bond acceptors (Lipinski definition) is 5. The van der Waals surface area contributed by atoms with Crippen molar-refractivity contribution >= 4 is 33.5 Å². The zero-order chi connectivity index (χ0) is 13.2. The monoisotopic (exact) mass is 283 g/mol. The summed E-state index contributed by atoms with van der Waals surface area (Å²) in [6, 6.07) is 0. The van der Waals surface area contributed by atoms with Crippen LogP contribution in [0, 0.1) is 0 Å². The fraction of sp³-hybridized carbons (Fsp3) is 0.500. The molecule has 0 saturated heterocycles. The molecule has 7 nitrogen and oxygen atoms in total. The molecule has 1 atom stereocenters. The number of halogens is 1. The van der Waals surface area contributed by atoms with Gasteiger partial charge < -0.3 is 9.84 Å². The second-order valence-electron chi connectivity index (χ2n) is 3.22. The fourth-order valence-electron chi connectivity index (χ4n) is 1.08. The zero-order valence-electron chi connectivity index (χ0n) is 8.79. The number of aliphatic carboxylic acids is 1. The predicted octanol–water partition coefficient (Wildman–Crippen LogP) is -0.272. The van der Waals surface area contributed by atoms with Crippen molar-refractivity contribution < 1.29 is 27.9 Å². The number of amides is 1. The second kappa shape index (κ2) is 5.03. The Labute approximate surface area is 103 Å². The first-order valence-electron chi connectivity index (χ1n) is 4.55.